The van der Waals surface area contributed by atoms with Crippen molar-refractivity contribution < 1.29 is 14.3 Å². The summed E-state index contributed by atoms with van der Waals surface area (Å²) in [6, 6.07) is 0. The molecule has 0 aromatic carbocycles. The molecule has 1 unspecified atom stereocenters. The van der Waals surface area contributed by atoms with E-state index in [4.69, 9.17) is 4.74 Å². The lowest BCUT2D eigenvalue weighted by atomic mass is 10.2. The molecule has 2 aliphatic rings. The summed E-state index contributed by atoms with van der Waals surface area (Å²) in [6.07, 6.45) is 5.88. The zero-order chi connectivity index (χ0) is 17.4. The van der Waals surface area contributed by atoms with Crippen molar-refractivity contribution in [3.8, 4) is 0 Å². The molecule has 24 heavy (non-hydrogen) atoms. The molecule has 1 atom stereocenters. The second-order valence-electron chi connectivity index (χ2n) is 6.33. The molecule has 2 fully saturated rings. The number of carbonyl (C=O) groups excluding carboxylic acids is 2. The average molecular weight is 335 g/mol. The highest BCUT2D eigenvalue weighted by molar-refractivity contribution is 5.81. The van der Waals surface area contributed by atoms with Gasteiger partial charge in [0, 0.05) is 45.9 Å². The van der Waals surface area contributed by atoms with Crippen LogP contribution in [0.2, 0.25) is 0 Å². The smallest absolute Gasteiger partial charge is 0.251 e. The Morgan fingerprint density at radius 3 is 2.46 bits per heavy atom. The van der Waals surface area contributed by atoms with Crippen LogP contribution in [0.25, 0.3) is 0 Å². The summed E-state index contributed by atoms with van der Waals surface area (Å²) in [4.78, 5) is 30.6. The van der Waals surface area contributed by atoms with E-state index in [1.165, 1.54) is 0 Å². The van der Waals surface area contributed by atoms with Crippen LogP contribution in [0.15, 0.2) is 25.3 Å². The lowest BCUT2D eigenvalue weighted by molar-refractivity contribution is -0.140. The molecular formula is C18H29N3O3. The van der Waals surface area contributed by atoms with Gasteiger partial charge in [-0.25, -0.2) is 0 Å². The van der Waals surface area contributed by atoms with Crippen molar-refractivity contribution >= 4 is 11.8 Å². The fourth-order valence-electron chi connectivity index (χ4n) is 3.21. The van der Waals surface area contributed by atoms with E-state index in [-0.39, 0.29) is 17.9 Å². The number of carbonyl (C=O) groups is 2. The van der Waals surface area contributed by atoms with Crippen LogP contribution in [0, 0.1) is 0 Å². The van der Waals surface area contributed by atoms with Gasteiger partial charge < -0.3 is 14.5 Å². The second-order valence-corrected chi connectivity index (χ2v) is 6.33. The van der Waals surface area contributed by atoms with Gasteiger partial charge >= 0.3 is 0 Å². The average Bonchev–Trinajstić information content (AvgIpc) is 3.01. The van der Waals surface area contributed by atoms with Gasteiger partial charge in [-0.15, -0.1) is 13.2 Å². The van der Waals surface area contributed by atoms with E-state index in [2.05, 4.69) is 18.1 Å². The third-order valence-electron chi connectivity index (χ3n) is 4.52. The van der Waals surface area contributed by atoms with Gasteiger partial charge in [0.15, 0.2) is 0 Å². The quantitative estimate of drug-likeness (QED) is 0.649. The van der Waals surface area contributed by atoms with Gasteiger partial charge in [0.2, 0.25) is 5.91 Å². The van der Waals surface area contributed by atoms with Crippen LogP contribution in [-0.2, 0) is 14.3 Å². The van der Waals surface area contributed by atoms with Gasteiger partial charge in [-0.2, -0.15) is 0 Å². The Balaban J connectivity index is 1.83. The standard InChI is InChI=1S/C18H29N3O3/c1-3-8-20(9-4-2)17(22)15-19-10-6-11-21(13-12-19)18(23)16-7-5-14-24-16/h3-4,16H,1-2,5-15H2. The summed E-state index contributed by atoms with van der Waals surface area (Å²) in [6.45, 7) is 12.5. The molecule has 6 nitrogen and oxygen atoms in total. The highest BCUT2D eigenvalue weighted by atomic mass is 16.5. The van der Waals surface area contributed by atoms with Crippen LogP contribution in [-0.4, -0.2) is 85.0 Å². The first-order valence-corrected chi connectivity index (χ1v) is 8.78. The summed E-state index contributed by atoms with van der Waals surface area (Å²) >= 11 is 0. The molecule has 0 bridgehead atoms. The van der Waals surface area contributed by atoms with Crippen molar-refractivity contribution in [1.82, 2.24) is 14.7 Å². The summed E-state index contributed by atoms with van der Waals surface area (Å²) < 4.78 is 5.50. The third-order valence-corrected chi connectivity index (χ3v) is 4.52. The summed E-state index contributed by atoms with van der Waals surface area (Å²) in [5.41, 5.74) is 0. The molecule has 2 amide bonds. The number of hydrogen-bond donors (Lipinski definition) is 0. The van der Waals surface area contributed by atoms with Crippen molar-refractivity contribution in [2.45, 2.75) is 25.4 Å². The minimum atomic E-state index is -0.256. The number of amides is 2. The van der Waals surface area contributed by atoms with Gasteiger partial charge in [0.1, 0.15) is 6.10 Å². The van der Waals surface area contributed by atoms with Gasteiger partial charge in [-0.1, -0.05) is 12.2 Å². The molecule has 2 heterocycles. The highest BCUT2D eigenvalue weighted by Gasteiger charge is 2.29. The van der Waals surface area contributed by atoms with Crippen molar-refractivity contribution in [2.24, 2.45) is 0 Å². The normalized spacial score (nSPS) is 22.0. The monoisotopic (exact) mass is 335 g/mol. The van der Waals surface area contributed by atoms with E-state index in [1.807, 2.05) is 4.90 Å². The van der Waals surface area contributed by atoms with Crippen molar-refractivity contribution in [2.75, 3.05) is 52.4 Å². The van der Waals surface area contributed by atoms with Gasteiger partial charge in [-0.3, -0.25) is 14.5 Å². The Morgan fingerprint density at radius 2 is 1.83 bits per heavy atom. The number of nitrogens with zero attached hydrogens (tertiary/aromatic N) is 3. The predicted molar refractivity (Wildman–Crippen MR) is 93.6 cm³/mol. The molecule has 134 valence electrons. The van der Waals surface area contributed by atoms with E-state index in [9.17, 15) is 9.59 Å². The third kappa shape index (κ3) is 5.18. The molecule has 0 radical (unpaired) electrons. The van der Waals surface area contributed by atoms with Crippen LogP contribution < -0.4 is 0 Å². The number of ether oxygens (including phenoxy) is 1. The van der Waals surface area contributed by atoms with Crippen LogP contribution >= 0.6 is 0 Å². The molecule has 2 saturated heterocycles. The fraction of sp³-hybridized carbons (Fsp3) is 0.667. The number of rotatable bonds is 7. The lowest BCUT2D eigenvalue weighted by Gasteiger charge is -2.26. The molecule has 0 aromatic rings. The van der Waals surface area contributed by atoms with Crippen LogP contribution in [0.3, 0.4) is 0 Å². The Bertz CT molecular complexity index is 450. The van der Waals surface area contributed by atoms with Gasteiger partial charge in [0.25, 0.3) is 5.91 Å². The fourth-order valence-corrected chi connectivity index (χ4v) is 3.21. The van der Waals surface area contributed by atoms with Crippen LogP contribution in [0.5, 0.6) is 0 Å². The summed E-state index contributed by atoms with van der Waals surface area (Å²) in [5.74, 6) is 0.189. The number of hydrogen-bond acceptors (Lipinski definition) is 4. The first-order valence-electron chi connectivity index (χ1n) is 8.78. The minimum Gasteiger partial charge on any atom is -0.368 e. The van der Waals surface area contributed by atoms with Gasteiger partial charge in [0.05, 0.1) is 6.54 Å². The second kappa shape index (κ2) is 9.59. The Kier molecular flexibility index (Phi) is 7.46. The Hall–Kier alpha value is -1.66. The topological polar surface area (TPSA) is 53.1 Å². The molecule has 0 N–H and O–H groups in total. The zero-order valence-electron chi connectivity index (χ0n) is 14.5. The Labute approximate surface area is 144 Å². The molecule has 0 aromatic heterocycles. The summed E-state index contributed by atoms with van der Waals surface area (Å²) in [7, 11) is 0. The molecule has 0 aliphatic carbocycles. The molecular weight excluding hydrogens is 306 g/mol. The molecule has 6 heteroatoms. The molecule has 0 spiro atoms. The minimum absolute atomic E-state index is 0.0775. The lowest BCUT2D eigenvalue weighted by Crippen LogP contribution is -2.43. The van der Waals surface area contributed by atoms with E-state index < -0.39 is 0 Å². The van der Waals surface area contributed by atoms with Gasteiger partial charge in [-0.05, 0) is 19.3 Å². The van der Waals surface area contributed by atoms with Crippen LogP contribution in [0.4, 0.5) is 0 Å². The highest BCUT2D eigenvalue weighted by Crippen LogP contribution is 2.16. The first kappa shape index (κ1) is 18.7. The maximum absolute atomic E-state index is 12.4. The molecule has 2 rings (SSSR count). The molecule has 0 saturated carbocycles. The summed E-state index contributed by atoms with van der Waals surface area (Å²) in [5, 5.41) is 0. The first-order chi connectivity index (χ1) is 11.7. The van der Waals surface area contributed by atoms with E-state index in [0.29, 0.717) is 32.8 Å². The van der Waals surface area contributed by atoms with E-state index >= 15 is 0 Å². The van der Waals surface area contributed by atoms with Crippen molar-refractivity contribution in [3.63, 3.8) is 0 Å². The predicted octanol–water partition coefficient (Wildman–Crippen LogP) is 0.900. The maximum Gasteiger partial charge on any atom is 0.251 e. The zero-order valence-corrected chi connectivity index (χ0v) is 14.5. The Morgan fingerprint density at radius 1 is 1.08 bits per heavy atom. The van der Waals surface area contributed by atoms with Crippen molar-refractivity contribution in [3.05, 3.63) is 25.3 Å². The van der Waals surface area contributed by atoms with E-state index in [1.54, 1.807) is 17.1 Å². The van der Waals surface area contributed by atoms with E-state index in [0.717, 1.165) is 38.9 Å². The SMILES string of the molecule is C=CCN(CC=C)C(=O)CN1CCCN(C(=O)C2CCCO2)CC1. The molecule has 2 aliphatic heterocycles. The van der Waals surface area contributed by atoms with Crippen molar-refractivity contribution in [1.29, 1.82) is 0 Å². The maximum atomic E-state index is 12.4. The van der Waals surface area contributed by atoms with Crippen LogP contribution in [0.1, 0.15) is 19.3 Å². The largest absolute Gasteiger partial charge is 0.368 e.